The number of carboxylic acids is 2. The van der Waals surface area contributed by atoms with Crippen molar-refractivity contribution >= 4 is 39.5 Å². The van der Waals surface area contributed by atoms with Crippen LogP contribution in [0.5, 0.6) is 0 Å². The molecule has 22 heteroatoms. The van der Waals surface area contributed by atoms with Crippen LogP contribution in [-0.4, -0.2) is 97.4 Å². The Morgan fingerprint density at radius 1 is 0.778 bits per heavy atom. The first-order valence-corrected chi connectivity index (χ1v) is 13.2. The summed E-state index contributed by atoms with van der Waals surface area (Å²) in [6, 6.07) is 0.513. The topological polar surface area (TPSA) is 328 Å². The lowest BCUT2D eigenvalue weighted by molar-refractivity contribution is -0.140. The Morgan fingerprint density at radius 3 is 1.64 bits per heavy atom. The monoisotopic (exact) mass is 673 g/mol. The minimum absolute atomic E-state index is 0.0326. The van der Waals surface area contributed by atoms with Gasteiger partial charge < -0.3 is 52.3 Å². The van der Waals surface area contributed by atoms with Crippen LogP contribution < -0.4 is 16.2 Å². The maximum absolute atomic E-state index is 13.8. The highest BCUT2D eigenvalue weighted by Crippen LogP contribution is 2.39. The molecule has 17 nitrogen and oxygen atoms in total. The first-order valence-electron chi connectivity index (χ1n) is 11.7. The Morgan fingerprint density at radius 2 is 1.24 bits per heavy atom. The molecule has 13 N–H and O–H groups in total. The summed E-state index contributed by atoms with van der Waals surface area (Å²) in [4.78, 5) is 45.6. The summed E-state index contributed by atoms with van der Waals surface area (Å²) < 4.78 is 81.7. The molecule has 0 aliphatic heterocycles. The molecule has 2 aromatic carbocycles. The molecular weight excluding hydrogens is 650 g/mol. The molecule has 6 atom stereocenters. The lowest BCUT2D eigenvalue weighted by Crippen LogP contribution is -2.44. The van der Waals surface area contributed by atoms with E-state index in [-0.39, 0.29) is 18.2 Å². The van der Waals surface area contributed by atoms with Crippen LogP contribution in [0.4, 0.5) is 23.2 Å². The molecule has 0 saturated heterocycles. The number of aliphatic hydroxyl groups is 6. The van der Waals surface area contributed by atoms with Crippen molar-refractivity contribution in [2.75, 3.05) is 4.72 Å². The van der Waals surface area contributed by atoms with Crippen molar-refractivity contribution in [1.29, 1.82) is 0 Å². The van der Waals surface area contributed by atoms with Crippen molar-refractivity contribution < 1.29 is 86.0 Å². The van der Waals surface area contributed by atoms with Gasteiger partial charge in [0.05, 0.1) is 21.6 Å². The molecule has 0 aliphatic rings. The zero-order chi connectivity index (χ0) is 34.9. The SMILES string of the molecule is NC(=O)C(O)C(O)C(O)c1c(C(=O)O)cc(S(=O)(=O)Nc2ccc(F)c(C(F)(F)F)c2)c(C(O)C(O)C(O)C(N)=O)c1C(=O)O. The average Bonchev–Trinajstić information content (AvgIpc) is 2.93. The number of primary amides is 2. The number of alkyl halides is 3. The van der Waals surface area contributed by atoms with Gasteiger partial charge in [-0.3, -0.25) is 14.3 Å². The molecule has 0 aromatic heterocycles. The van der Waals surface area contributed by atoms with Crippen LogP contribution >= 0.6 is 0 Å². The number of nitrogens with two attached hydrogens (primary N) is 2. The minimum atomic E-state index is -5.65. The number of hydrogen-bond donors (Lipinski definition) is 11. The number of amides is 2. The van der Waals surface area contributed by atoms with Crippen LogP contribution in [0, 0.1) is 5.82 Å². The standard InChI is InChI=1S/C23H23F4N3O14S/c24-8-2-1-5(3-7(8)23(25,26)27)30-45(43,44)9-4-6(21(39)40)10(13(31)15(33)17(35)19(28)37)12(22(41)42)11(9)14(32)16(34)18(36)20(29)38/h1-4,13-18,30-36H,(H2,28,37)(H2,29,38)(H,39,40)(H,41,42). The van der Waals surface area contributed by atoms with E-state index in [1.54, 1.807) is 0 Å². The molecule has 0 spiro atoms. The van der Waals surface area contributed by atoms with Gasteiger partial charge in [-0.25, -0.2) is 22.4 Å². The quantitative estimate of drug-likeness (QED) is 0.0982. The number of aliphatic hydroxyl groups excluding tert-OH is 6. The van der Waals surface area contributed by atoms with E-state index in [4.69, 9.17) is 11.5 Å². The van der Waals surface area contributed by atoms with Crippen LogP contribution in [0.1, 0.15) is 49.6 Å². The summed E-state index contributed by atoms with van der Waals surface area (Å²) >= 11 is 0. The highest BCUT2D eigenvalue weighted by Gasteiger charge is 2.43. The first kappa shape index (κ1) is 36.7. The molecule has 0 fully saturated rings. The molecule has 248 valence electrons. The molecule has 2 aromatic rings. The van der Waals surface area contributed by atoms with Gasteiger partial charge >= 0.3 is 18.1 Å². The Bertz CT molecular complexity index is 1640. The smallest absolute Gasteiger partial charge is 0.419 e. The fourth-order valence-electron chi connectivity index (χ4n) is 3.96. The molecule has 2 rings (SSSR count). The fraction of sp³-hybridized carbons (Fsp3) is 0.304. The van der Waals surface area contributed by atoms with Crippen molar-refractivity contribution in [1.82, 2.24) is 0 Å². The first-order chi connectivity index (χ1) is 20.4. The Labute approximate surface area is 247 Å². The second-order valence-corrected chi connectivity index (χ2v) is 10.7. The maximum Gasteiger partial charge on any atom is 0.419 e. The van der Waals surface area contributed by atoms with Gasteiger partial charge in [0.15, 0.2) is 12.2 Å². The average molecular weight is 674 g/mol. The number of aromatic carboxylic acids is 2. The summed E-state index contributed by atoms with van der Waals surface area (Å²) in [5.41, 5.74) is 0.0177. The third-order valence-corrected chi connectivity index (χ3v) is 7.52. The van der Waals surface area contributed by atoms with Crippen molar-refractivity contribution in [3.8, 4) is 0 Å². The maximum atomic E-state index is 13.8. The number of rotatable bonds is 13. The van der Waals surface area contributed by atoms with E-state index in [2.05, 4.69) is 0 Å². The second-order valence-electron chi connectivity index (χ2n) is 9.10. The van der Waals surface area contributed by atoms with Gasteiger partial charge in [0.1, 0.15) is 30.2 Å². The summed E-state index contributed by atoms with van der Waals surface area (Å²) in [7, 11) is -5.65. The van der Waals surface area contributed by atoms with Crippen molar-refractivity contribution in [3.05, 3.63) is 57.9 Å². The summed E-state index contributed by atoms with van der Waals surface area (Å²) in [6.45, 7) is 0. The Hall–Kier alpha value is -4.45. The van der Waals surface area contributed by atoms with Crippen LogP contribution in [0.3, 0.4) is 0 Å². The molecule has 45 heavy (non-hydrogen) atoms. The predicted octanol–water partition coefficient (Wildman–Crippen LogP) is -2.48. The number of halogens is 4. The van der Waals surface area contributed by atoms with Gasteiger partial charge in [0.2, 0.25) is 11.8 Å². The molecule has 0 bridgehead atoms. The van der Waals surface area contributed by atoms with Crippen LogP contribution in [0.2, 0.25) is 0 Å². The van der Waals surface area contributed by atoms with E-state index >= 15 is 0 Å². The van der Waals surface area contributed by atoms with E-state index in [0.29, 0.717) is 6.07 Å². The lowest BCUT2D eigenvalue weighted by Gasteiger charge is -2.29. The number of benzene rings is 2. The number of sulfonamides is 1. The third kappa shape index (κ3) is 7.62. The van der Waals surface area contributed by atoms with Crippen molar-refractivity contribution in [2.24, 2.45) is 11.5 Å². The molecule has 0 aliphatic carbocycles. The molecule has 0 heterocycles. The summed E-state index contributed by atoms with van der Waals surface area (Å²) in [6.07, 6.45) is -22.7. The van der Waals surface area contributed by atoms with Crippen molar-refractivity contribution in [2.45, 2.75) is 47.7 Å². The number of hydrogen-bond acceptors (Lipinski definition) is 12. The number of carbonyl (C=O) groups is 4. The molecule has 0 radical (unpaired) electrons. The van der Waals surface area contributed by atoms with Crippen LogP contribution in [0.25, 0.3) is 0 Å². The molecule has 2 amide bonds. The zero-order valence-electron chi connectivity index (χ0n) is 21.9. The van der Waals surface area contributed by atoms with Gasteiger partial charge in [-0.1, -0.05) is 0 Å². The largest absolute Gasteiger partial charge is 0.478 e. The number of carbonyl (C=O) groups excluding carboxylic acids is 2. The molecule has 0 saturated carbocycles. The molecule has 6 unspecified atom stereocenters. The predicted molar refractivity (Wildman–Crippen MR) is 135 cm³/mol. The molecular formula is C23H23F4N3O14S. The highest BCUT2D eigenvalue weighted by atomic mass is 32.2. The van der Waals surface area contributed by atoms with E-state index in [1.807, 2.05) is 0 Å². The van der Waals surface area contributed by atoms with E-state index in [0.717, 1.165) is 0 Å². The summed E-state index contributed by atoms with van der Waals surface area (Å²) in [5.74, 6) is -10.1. The van der Waals surface area contributed by atoms with E-state index < -0.39 is 121 Å². The van der Waals surface area contributed by atoms with E-state index in [1.165, 1.54) is 4.72 Å². The zero-order valence-corrected chi connectivity index (χ0v) is 22.7. The summed E-state index contributed by atoms with van der Waals surface area (Å²) in [5, 5.41) is 81.4. The van der Waals surface area contributed by atoms with Gasteiger partial charge in [-0.2, -0.15) is 13.2 Å². The Balaban J connectivity index is 3.09. The lowest BCUT2D eigenvalue weighted by atomic mass is 9.85. The number of nitrogens with one attached hydrogen (secondary N) is 1. The minimum Gasteiger partial charge on any atom is -0.478 e. The highest BCUT2D eigenvalue weighted by molar-refractivity contribution is 7.92. The van der Waals surface area contributed by atoms with Gasteiger partial charge in [-0.05, 0) is 24.3 Å². The number of anilines is 1. The van der Waals surface area contributed by atoms with Crippen LogP contribution in [0.15, 0.2) is 29.2 Å². The van der Waals surface area contributed by atoms with Gasteiger partial charge in [0.25, 0.3) is 10.0 Å². The van der Waals surface area contributed by atoms with Crippen LogP contribution in [-0.2, 0) is 25.8 Å². The fourth-order valence-corrected chi connectivity index (χ4v) is 5.29. The van der Waals surface area contributed by atoms with Gasteiger partial charge in [-0.15, -0.1) is 0 Å². The van der Waals surface area contributed by atoms with E-state index in [9.17, 15) is 86.0 Å². The normalized spacial score (nSPS) is 16.1. The third-order valence-electron chi connectivity index (χ3n) is 6.10. The second kappa shape index (κ2) is 13.3. The van der Waals surface area contributed by atoms with Gasteiger partial charge in [0, 0.05) is 16.8 Å². The number of carboxylic acid groups (broad SMARTS) is 2. The Kier molecular flexibility index (Phi) is 10.8. The van der Waals surface area contributed by atoms with Crippen molar-refractivity contribution in [3.63, 3.8) is 0 Å².